The SMILES string of the molecule is CCNC(=NCc1ccccc1S(=O)(=O)N(C)C)NCC1CCCN1CC.I. The summed E-state index contributed by atoms with van der Waals surface area (Å²) in [5, 5.41) is 6.67. The minimum atomic E-state index is -3.49. The fourth-order valence-corrected chi connectivity index (χ4v) is 4.45. The summed E-state index contributed by atoms with van der Waals surface area (Å²) >= 11 is 0. The molecule has 1 aromatic carbocycles. The van der Waals surface area contributed by atoms with Gasteiger partial charge in [0.05, 0.1) is 11.4 Å². The highest BCUT2D eigenvalue weighted by atomic mass is 127. The molecule has 0 spiro atoms. The number of hydrogen-bond donors (Lipinski definition) is 2. The zero-order chi connectivity index (χ0) is 19.9. The Balaban J connectivity index is 0.00000392. The summed E-state index contributed by atoms with van der Waals surface area (Å²) in [6.07, 6.45) is 2.44. The summed E-state index contributed by atoms with van der Waals surface area (Å²) in [7, 11) is -0.400. The van der Waals surface area contributed by atoms with Gasteiger partial charge in [-0.3, -0.25) is 4.90 Å². The van der Waals surface area contributed by atoms with Crippen LogP contribution in [0.1, 0.15) is 32.3 Å². The van der Waals surface area contributed by atoms with Crippen molar-refractivity contribution in [3.8, 4) is 0 Å². The van der Waals surface area contributed by atoms with Crippen LogP contribution < -0.4 is 10.6 Å². The number of likely N-dealkylation sites (tertiary alicyclic amines) is 1. The number of benzene rings is 1. The average molecular weight is 523 g/mol. The van der Waals surface area contributed by atoms with Crippen LogP contribution in [0.5, 0.6) is 0 Å². The van der Waals surface area contributed by atoms with E-state index in [2.05, 4.69) is 27.4 Å². The Morgan fingerprint density at radius 3 is 2.61 bits per heavy atom. The molecule has 0 radical (unpaired) electrons. The molecule has 1 unspecified atom stereocenters. The first kappa shape index (κ1) is 25.1. The molecule has 0 bridgehead atoms. The lowest BCUT2D eigenvalue weighted by molar-refractivity contribution is 0.267. The quantitative estimate of drug-likeness (QED) is 0.310. The third-order valence-electron chi connectivity index (χ3n) is 4.89. The van der Waals surface area contributed by atoms with E-state index in [1.165, 1.54) is 17.1 Å². The number of likely N-dealkylation sites (N-methyl/N-ethyl adjacent to an activating group) is 1. The van der Waals surface area contributed by atoms with E-state index in [4.69, 9.17) is 0 Å². The first-order valence-corrected chi connectivity index (χ1v) is 11.1. The van der Waals surface area contributed by atoms with Crippen LogP contribution in [0.25, 0.3) is 0 Å². The number of nitrogens with zero attached hydrogens (tertiary/aromatic N) is 3. The zero-order valence-electron chi connectivity index (χ0n) is 17.3. The number of sulfonamides is 1. The maximum absolute atomic E-state index is 12.5. The van der Waals surface area contributed by atoms with Gasteiger partial charge >= 0.3 is 0 Å². The van der Waals surface area contributed by atoms with Crippen molar-refractivity contribution in [3.05, 3.63) is 29.8 Å². The minimum Gasteiger partial charge on any atom is -0.357 e. The van der Waals surface area contributed by atoms with Gasteiger partial charge in [-0.15, -0.1) is 24.0 Å². The number of aliphatic imine (C=N–C) groups is 1. The molecule has 0 amide bonds. The first-order valence-electron chi connectivity index (χ1n) is 9.66. The van der Waals surface area contributed by atoms with E-state index in [0.717, 1.165) is 32.1 Å². The Hall–Kier alpha value is -0.910. The van der Waals surface area contributed by atoms with Crippen LogP contribution in [0.2, 0.25) is 0 Å². The van der Waals surface area contributed by atoms with Crippen molar-refractivity contribution in [2.24, 2.45) is 4.99 Å². The van der Waals surface area contributed by atoms with E-state index in [1.807, 2.05) is 19.1 Å². The Morgan fingerprint density at radius 1 is 1.25 bits per heavy atom. The monoisotopic (exact) mass is 523 g/mol. The minimum absolute atomic E-state index is 0. The van der Waals surface area contributed by atoms with Crippen LogP contribution >= 0.6 is 24.0 Å². The van der Waals surface area contributed by atoms with Crippen molar-refractivity contribution in [1.82, 2.24) is 19.8 Å². The Kier molecular flexibility index (Phi) is 10.7. The van der Waals surface area contributed by atoms with Crippen LogP contribution in [0.4, 0.5) is 0 Å². The fourth-order valence-electron chi connectivity index (χ4n) is 3.35. The molecule has 2 N–H and O–H groups in total. The lowest BCUT2D eigenvalue weighted by Crippen LogP contribution is -2.44. The Labute approximate surface area is 187 Å². The molecule has 1 aliphatic rings. The second kappa shape index (κ2) is 11.9. The second-order valence-corrected chi connectivity index (χ2v) is 9.02. The van der Waals surface area contributed by atoms with Gasteiger partial charge in [0.25, 0.3) is 0 Å². The van der Waals surface area contributed by atoms with Crippen LogP contribution in [0, 0.1) is 0 Å². The largest absolute Gasteiger partial charge is 0.357 e. The van der Waals surface area contributed by atoms with Gasteiger partial charge in [-0.05, 0) is 44.5 Å². The molecule has 28 heavy (non-hydrogen) atoms. The van der Waals surface area contributed by atoms with Gasteiger partial charge in [0.2, 0.25) is 10.0 Å². The lowest BCUT2D eigenvalue weighted by atomic mass is 10.2. The Morgan fingerprint density at radius 2 is 1.96 bits per heavy atom. The van der Waals surface area contributed by atoms with E-state index in [1.54, 1.807) is 26.2 Å². The molecule has 1 saturated heterocycles. The second-order valence-electron chi connectivity index (χ2n) is 6.90. The maximum Gasteiger partial charge on any atom is 0.242 e. The molecule has 7 nitrogen and oxygen atoms in total. The molecule has 0 aliphatic carbocycles. The van der Waals surface area contributed by atoms with Gasteiger partial charge in [0.15, 0.2) is 5.96 Å². The number of rotatable bonds is 8. The molecular weight excluding hydrogens is 489 g/mol. The van der Waals surface area contributed by atoms with Gasteiger partial charge in [0, 0.05) is 33.2 Å². The van der Waals surface area contributed by atoms with Crippen molar-refractivity contribution in [3.63, 3.8) is 0 Å². The van der Waals surface area contributed by atoms with Crippen LogP contribution in [-0.2, 0) is 16.6 Å². The first-order chi connectivity index (χ1) is 12.9. The number of hydrogen-bond acceptors (Lipinski definition) is 4. The van der Waals surface area contributed by atoms with Crippen molar-refractivity contribution in [2.45, 2.75) is 44.2 Å². The molecule has 1 aliphatic heterocycles. The molecule has 1 aromatic rings. The standard InChI is InChI=1S/C19H33N5O2S.HI/c1-5-20-19(22-15-17-11-9-13-24(17)6-2)21-14-16-10-7-8-12-18(16)27(25,26)23(3)4;/h7-8,10,12,17H,5-6,9,11,13-15H2,1-4H3,(H2,20,21,22);1H. The van der Waals surface area contributed by atoms with E-state index >= 15 is 0 Å². The third kappa shape index (κ3) is 6.57. The van der Waals surface area contributed by atoms with Crippen LogP contribution in [0.15, 0.2) is 34.2 Å². The van der Waals surface area contributed by atoms with E-state index < -0.39 is 10.0 Å². The molecule has 9 heteroatoms. The summed E-state index contributed by atoms with van der Waals surface area (Å²) in [5.74, 6) is 0.720. The van der Waals surface area contributed by atoms with Crippen LogP contribution in [0.3, 0.4) is 0 Å². The van der Waals surface area contributed by atoms with Gasteiger partial charge in [0.1, 0.15) is 0 Å². The van der Waals surface area contributed by atoms with Crippen molar-refractivity contribution in [1.29, 1.82) is 0 Å². The van der Waals surface area contributed by atoms with Crippen LogP contribution in [-0.4, -0.2) is 69.9 Å². The number of halogens is 1. The highest BCUT2D eigenvalue weighted by Crippen LogP contribution is 2.19. The highest BCUT2D eigenvalue weighted by Gasteiger charge is 2.23. The van der Waals surface area contributed by atoms with Gasteiger partial charge < -0.3 is 10.6 Å². The smallest absolute Gasteiger partial charge is 0.242 e. The third-order valence-corrected chi connectivity index (χ3v) is 6.81. The molecule has 0 saturated carbocycles. The molecule has 2 rings (SSSR count). The molecule has 0 aromatic heterocycles. The van der Waals surface area contributed by atoms with Crippen molar-refractivity contribution in [2.75, 3.05) is 40.3 Å². The summed E-state index contributed by atoms with van der Waals surface area (Å²) in [4.78, 5) is 7.41. The normalized spacial score (nSPS) is 18.2. The molecule has 160 valence electrons. The van der Waals surface area contributed by atoms with Crippen molar-refractivity contribution >= 4 is 40.0 Å². The van der Waals surface area contributed by atoms with Gasteiger partial charge in [-0.1, -0.05) is 25.1 Å². The molecular formula is C19H34IN5O2S. The lowest BCUT2D eigenvalue weighted by Gasteiger charge is -2.24. The topological polar surface area (TPSA) is 77.0 Å². The van der Waals surface area contributed by atoms with E-state index in [0.29, 0.717) is 23.0 Å². The molecule has 1 fully saturated rings. The summed E-state index contributed by atoms with van der Waals surface area (Å²) in [6.45, 7) is 8.35. The van der Waals surface area contributed by atoms with Crippen molar-refractivity contribution < 1.29 is 8.42 Å². The summed E-state index contributed by atoms with van der Waals surface area (Å²) in [6, 6.07) is 7.57. The maximum atomic E-state index is 12.5. The highest BCUT2D eigenvalue weighted by molar-refractivity contribution is 14.0. The summed E-state index contributed by atoms with van der Waals surface area (Å²) < 4.78 is 26.3. The van der Waals surface area contributed by atoms with E-state index in [9.17, 15) is 8.42 Å². The predicted molar refractivity (Wildman–Crippen MR) is 126 cm³/mol. The molecule has 1 heterocycles. The fraction of sp³-hybridized carbons (Fsp3) is 0.632. The van der Waals surface area contributed by atoms with E-state index in [-0.39, 0.29) is 24.0 Å². The Bertz CT molecular complexity index is 740. The van der Waals surface area contributed by atoms with Gasteiger partial charge in [-0.25, -0.2) is 17.7 Å². The van der Waals surface area contributed by atoms with Gasteiger partial charge in [-0.2, -0.15) is 0 Å². The zero-order valence-corrected chi connectivity index (χ0v) is 20.5. The summed E-state index contributed by atoms with van der Waals surface area (Å²) in [5.41, 5.74) is 0.694. The number of guanidine groups is 1. The molecule has 1 atom stereocenters. The predicted octanol–water partition coefficient (Wildman–Crippen LogP) is 2.09. The number of nitrogens with one attached hydrogen (secondary N) is 2. The average Bonchev–Trinajstić information content (AvgIpc) is 3.11.